The van der Waals surface area contributed by atoms with E-state index >= 15 is 0 Å². The lowest BCUT2D eigenvalue weighted by molar-refractivity contribution is -0.384. The molecule has 0 fully saturated rings. The minimum atomic E-state index is -7.22. The first-order chi connectivity index (χ1) is 17.2. The number of carbonyl (C=O) groups is 2. The fourth-order valence-electron chi connectivity index (χ4n) is 2.56. The van der Waals surface area contributed by atoms with Gasteiger partial charge >= 0.3 is 35.5 Å². The smallest absolute Gasteiger partial charge is 0.321 e. The van der Waals surface area contributed by atoms with Crippen LogP contribution >= 0.6 is 23.2 Å². The average Bonchev–Trinajstić information content (AvgIpc) is 2.78. The van der Waals surface area contributed by atoms with Crippen molar-refractivity contribution in [3.8, 4) is 0 Å². The number of rotatable bonds is 9. The van der Waals surface area contributed by atoms with E-state index in [-0.39, 0.29) is 0 Å². The zero-order valence-electron chi connectivity index (χ0n) is 17.6. The third kappa shape index (κ3) is 5.26. The van der Waals surface area contributed by atoms with Gasteiger partial charge in [-0.25, -0.2) is 0 Å². The van der Waals surface area contributed by atoms with Crippen molar-refractivity contribution in [2.45, 2.75) is 23.7 Å². The molecular weight excluding hydrogens is 591 g/mol. The zero-order valence-corrected chi connectivity index (χ0v) is 19.1. The molecule has 0 atom stereocenters. The molecule has 0 saturated carbocycles. The minimum absolute atomic E-state index is 0.404. The van der Waals surface area contributed by atoms with Crippen molar-refractivity contribution in [1.82, 2.24) is 0 Å². The van der Waals surface area contributed by atoms with Crippen molar-refractivity contribution in [3.63, 3.8) is 0 Å². The van der Waals surface area contributed by atoms with E-state index in [1.807, 2.05) is 0 Å². The molecule has 0 aliphatic heterocycles. The van der Waals surface area contributed by atoms with Crippen LogP contribution in [0.4, 0.5) is 57.9 Å². The molecule has 2 aromatic carbocycles. The van der Waals surface area contributed by atoms with Crippen molar-refractivity contribution in [2.75, 3.05) is 10.6 Å². The van der Waals surface area contributed by atoms with Crippen molar-refractivity contribution >= 4 is 57.8 Å². The lowest BCUT2D eigenvalue weighted by Crippen LogP contribution is -2.67. The van der Waals surface area contributed by atoms with E-state index in [9.17, 15) is 64.9 Å². The van der Waals surface area contributed by atoms with Gasteiger partial charge in [0.15, 0.2) is 0 Å². The van der Waals surface area contributed by atoms with Crippen LogP contribution in [-0.4, -0.2) is 45.4 Å². The van der Waals surface area contributed by atoms with Crippen LogP contribution in [0.5, 0.6) is 0 Å². The molecule has 2 N–H and O–H groups in total. The Morgan fingerprint density at radius 3 is 1.18 bits per heavy atom. The number of hydrogen-bond donors (Lipinski definition) is 2. The second-order valence-corrected chi connectivity index (χ2v) is 7.87. The van der Waals surface area contributed by atoms with E-state index in [0.717, 1.165) is 10.6 Å². The molecule has 0 spiro atoms. The SMILES string of the molecule is O=C(Nc1ccc([N+](=O)[O-])c(Cl)c1)C(F)(F)C(F)(F)C(F)(F)C(F)(F)C(=O)Nc1ccc([N+](=O)[O-])c(Cl)c1. The molecule has 0 unspecified atom stereocenters. The molecule has 2 aromatic rings. The van der Waals surface area contributed by atoms with Gasteiger partial charge in [0.2, 0.25) is 0 Å². The first kappa shape index (κ1) is 30.4. The molecule has 38 heavy (non-hydrogen) atoms. The predicted molar refractivity (Wildman–Crippen MR) is 113 cm³/mol. The number of amides is 2. The Kier molecular flexibility index (Phi) is 8.14. The van der Waals surface area contributed by atoms with Crippen LogP contribution in [0.25, 0.3) is 0 Å². The van der Waals surface area contributed by atoms with Gasteiger partial charge in [-0.15, -0.1) is 0 Å². The molecule has 0 aliphatic rings. The Morgan fingerprint density at radius 1 is 0.658 bits per heavy atom. The molecule has 2 amide bonds. The number of nitrogens with zero attached hydrogens (tertiary/aromatic N) is 2. The predicted octanol–water partition coefficient (Wildman–Crippen LogP) is 5.93. The molecule has 20 heteroatoms. The molecule has 206 valence electrons. The van der Waals surface area contributed by atoms with E-state index in [2.05, 4.69) is 0 Å². The van der Waals surface area contributed by atoms with Gasteiger partial charge < -0.3 is 10.6 Å². The second-order valence-electron chi connectivity index (χ2n) is 7.05. The lowest BCUT2D eigenvalue weighted by atomic mass is 9.97. The number of alkyl halides is 8. The van der Waals surface area contributed by atoms with Crippen LogP contribution in [0.1, 0.15) is 0 Å². The molecule has 2 rings (SSSR count). The van der Waals surface area contributed by atoms with Gasteiger partial charge in [-0.2, -0.15) is 35.1 Å². The Balaban J connectivity index is 2.34. The highest BCUT2D eigenvalue weighted by atomic mass is 35.5. The quantitative estimate of drug-likeness (QED) is 0.208. The number of anilines is 2. The monoisotopic (exact) mass is 598 g/mol. The number of halogens is 10. The van der Waals surface area contributed by atoms with Crippen molar-refractivity contribution in [1.29, 1.82) is 0 Å². The maximum Gasteiger partial charge on any atom is 0.393 e. The van der Waals surface area contributed by atoms with Crippen LogP contribution in [0.3, 0.4) is 0 Å². The van der Waals surface area contributed by atoms with Gasteiger partial charge in [0.05, 0.1) is 9.85 Å². The number of nitrogens with one attached hydrogen (secondary N) is 2. The standard InChI is InChI=1S/C18H8Cl2F8N4O6/c19-9-5-7(1-3-11(9)31(35)36)29-13(33)15(21,22)17(25,26)18(27,28)16(23,24)14(34)30-8-2-4-12(32(37)38)10(20)6-8/h1-6H,(H,29,33)(H,30,34). The van der Waals surface area contributed by atoms with E-state index in [0.29, 0.717) is 36.4 Å². The number of nitro groups is 2. The molecule has 0 radical (unpaired) electrons. The fraction of sp³-hybridized carbons (Fsp3) is 0.222. The van der Waals surface area contributed by atoms with Crippen molar-refractivity contribution < 1.29 is 54.6 Å². The molecule has 0 bridgehead atoms. The minimum Gasteiger partial charge on any atom is -0.321 e. The molecule has 0 aliphatic carbocycles. The summed E-state index contributed by atoms with van der Waals surface area (Å²) in [5.41, 5.74) is -3.53. The average molecular weight is 599 g/mol. The first-order valence-electron chi connectivity index (χ1n) is 9.20. The summed E-state index contributed by atoms with van der Waals surface area (Å²) in [5.74, 6) is -34.2. The van der Waals surface area contributed by atoms with Crippen LogP contribution in [0.2, 0.25) is 10.0 Å². The topological polar surface area (TPSA) is 144 Å². The van der Waals surface area contributed by atoms with Crippen LogP contribution in [0.15, 0.2) is 36.4 Å². The van der Waals surface area contributed by atoms with E-state index in [4.69, 9.17) is 23.2 Å². The number of nitro benzene ring substituents is 2. The van der Waals surface area contributed by atoms with Crippen molar-refractivity contribution in [3.05, 3.63) is 66.7 Å². The maximum absolute atomic E-state index is 14.2. The Morgan fingerprint density at radius 2 is 0.947 bits per heavy atom. The Bertz CT molecular complexity index is 1230. The molecule has 10 nitrogen and oxygen atoms in total. The highest BCUT2D eigenvalue weighted by Crippen LogP contribution is 2.53. The number of hydrogen-bond acceptors (Lipinski definition) is 6. The van der Waals surface area contributed by atoms with Crippen LogP contribution in [-0.2, 0) is 9.59 Å². The largest absolute Gasteiger partial charge is 0.393 e. The number of carbonyl (C=O) groups excluding carboxylic acids is 2. The summed E-state index contributed by atoms with van der Waals surface area (Å²) in [5, 5.41) is 21.7. The summed E-state index contributed by atoms with van der Waals surface area (Å²) in [6.07, 6.45) is 0. The zero-order chi connectivity index (χ0) is 29.4. The van der Waals surface area contributed by atoms with Gasteiger partial charge in [-0.3, -0.25) is 29.8 Å². The molecule has 0 aromatic heterocycles. The summed E-state index contributed by atoms with van der Waals surface area (Å²) in [6.45, 7) is 0. The molecule has 0 saturated heterocycles. The third-order valence-corrected chi connectivity index (χ3v) is 5.16. The van der Waals surface area contributed by atoms with Gasteiger partial charge in [0, 0.05) is 23.5 Å². The van der Waals surface area contributed by atoms with Crippen LogP contribution < -0.4 is 10.6 Å². The second kappa shape index (κ2) is 10.2. The summed E-state index contributed by atoms with van der Waals surface area (Å²) in [7, 11) is 0. The Hall–Kier alpha value is -3.80. The van der Waals surface area contributed by atoms with Crippen LogP contribution in [0, 0.1) is 20.2 Å². The summed E-state index contributed by atoms with van der Waals surface area (Å²) < 4.78 is 113. The highest BCUT2D eigenvalue weighted by Gasteiger charge is 2.84. The van der Waals surface area contributed by atoms with E-state index in [1.54, 1.807) is 0 Å². The maximum atomic E-state index is 14.2. The summed E-state index contributed by atoms with van der Waals surface area (Å²) in [6, 6.07) is 2.83. The Labute approximate surface area is 213 Å². The van der Waals surface area contributed by atoms with E-state index in [1.165, 1.54) is 0 Å². The lowest BCUT2D eigenvalue weighted by Gasteiger charge is -2.35. The van der Waals surface area contributed by atoms with Gasteiger partial charge in [0.1, 0.15) is 10.0 Å². The summed E-state index contributed by atoms with van der Waals surface area (Å²) in [4.78, 5) is 42.6. The normalized spacial score (nSPS) is 12.6. The molecule has 0 heterocycles. The first-order valence-corrected chi connectivity index (χ1v) is 9.96. The van der Waals surface area contributed by atoms with Crippen molar-refractivity contribution in [2.24, 2.45) is 0 Å². The summed E-state index contributed by atoms with van der Waals surface area (Å²) >= 11 is 10.9. The van der Waals surface area contributed by atoms with Gasteiger partial charge in [-0.05, 0) is 24.3 Å². The number of benzene rings is 2. The van der Waals surface area contributed by atoms with E-state index < -0.39 is 78.1 Å². The fourth-order valence-corrected chi connectivity index (χ4v) is 3.06. The molecular formula is C18H8Cl2F8N4O6. The van der Waals surface area contributed by atoms with Gasteiger partial charge in [0.25, 0.3) is 11.4 Å². The third-order valence-electron chi connectivity index (χ3n) is 4.56. The van der Waals surface area contributed by atoms with Gasteiger partial charge in [-0.1, -0.05) is 23.2 Å². The highest BCUT2D eigenvalue weighted by molar-refractivity contribution is 6.33.